The van der Waals surface area contributed by atoms with E-state index in [1.165, 1.54) is 49.8 Å². The Morgan fingerprint density at radius 1 is 1.06 bits per heavy atom. The first kappa shape index (κ1) is 31.4. The summed E-state index contributed by atoms with van der Waals surface area (Å²) in [6, 6.07) is 14.7. The van der Waals surface area contributed by atoms with Crippen molar-refractivity contribution in [2.24, 2.45) is 5.73 Å². The highest BCUT2D eigenvalue weighted by Gasteiger charge is 2.57. The molecule has 1 unspecified atom stereocenters. The summed E-state index contributed by atoms with van der Waals surface area (Å²) in [5.41, 5.74) is -0.441. The molecule has 0 bridgehead atoms. The maximum absolute atomic E-state index is 14.8. The summed E-state index contributed by atoms with van der Waals surface area (Å²) >= 11 is 0. The van der Waals surface area contributed by atoms with Gasteiger partial charge < -0.3 is 25.6 Å². The van der Waals surface area contributed by atoms with Crippen LogP contribution in [0.5, 0.6) is 17.2 Å². The van der Waals surface area contributed by atoms with Crippen molar-refractivity contribution in [2.75, 3.05) is 13.2 Å². The lowest BCUT2D eigenvalue weighted by Crippen LogP contribution is -2.51. The molecule has 5 aromatic rings. The van der Waals surface area contributed by atoms with Crippen molar-refractivity contribution < 1.29 is 41.7 Å². The number of ether oxygens (including phenoxy) is 2. The molecule has 240 valence electrons. The minimum absolute atomic E-state index is 0.0401. The fourth-order valence-corrected chi connectivity index (χ4v) is 5.15. The first-order valence-electron chi connectivity index (χ1n) is 14.1. The van der Waals surface area contributed by atoms with Crippen LogP contribution in [0.1, 0.15) is 28.5 Å². The Kier molecular flexibility index (Phi) is 7.76. The van der Waals surface area contributed by atoms with Gasteiger partial charge in [-0.15, -0.1) is 0 Å². The number of hydrogen-bond donors (Lipinski definition) is 3. The number of nitrogens with zero attached hydrogens (tertiary/aromatic N) is 3. The zero-order valence-electron chi connectivity index (χ0n) is 24.5. The van der Waals surface area contributed by atoms with Crippen LogP contribution < -0.4 is 20.5 Å². The second-order valence-electron chi connectivity index (χ2n) is 11.1. The summed E-state index contributed by atoms with van der Waals surface area (Å²) in [5.74, 6) is -1.98. The summed E-state index contributed by atoms with van der Waals surface area (Å²) in [7, 11) is 0. The smallest absolute Gasteiger partial charge is 0.424 e. The van der Waals surface area contributed by atoms with Crippen LogP contribution in [0.15, 0.2) is 85.3 Å². The number of carbonyl (C=O) groups is 2. The molecule has 2 aromatic carbocycles. The Morgan fingerprint density at radius 2 is 1.79 bits per heavy atom. The highest BCUT2D eigenvalue weighted by molar-refractivity contribution is 6.00. The van der Waals surface area contributed by atoms with Gasteiger partial charge in [-0.05, 0) is 67.6 Å². The molecule has 10 nitrogen and oxygen atoms in total. The number of pyridine rings is 3. The molecule has 0 aliphatic carbocycles. The molecule has 2 amide bonds. The van der Waals surface area contributed by atoms with E-state index < -0.39 is 47.1 Å². The van der Waals surface area contributed by atoms with Crippen molar-refractivity contribution in [3.8, 4) is 28.5 Å². The third-order valence-electron chi connectivity index (χ3n) is 7.94. The number of rotatable bonds is 8. The second-order valence-corrected chi connectivity index (χ2v) is 11.1. The molecule has 4 N–H and O–H groups in total. The monoisotopic (exact) mass is 647 g/mol. The fraction of sp³-hybridized carbons (Fsp3) is 0.182. The average molecular weight is 648 g/mol. The molecule has 4 heterocycles. The van der Waals surface area contributed by atoms with Crippen molar-refractivity contribution in [1.82, 2.24) is 20.3 Å². The minimum atomic E-state index is -5.38. The highest BCUT2D eigenvalue weighted by atomic mass is 19.4. The Morgan fingerprint density at radius 3 is 2.47 bits per heavy atom. The van der Waals surface area contributed by atoms with Gasteiger partial charge in [0.2, 0.25) is 11.5 Å². The average Bonchev–Trinajstić information content (AvgIpc) is 3.41. The lowest BCUT2D eigenvalue weighted by Gasteiger charge is -2.31. The molecule has 0 fully saturated rings. The minimum Gasteiger partial charge on any atom is -0.489 e. The molecule has 0 spiro atoms. The van der Waals surface area contributed by atoms with Crippen LogP contribution in [0.4, 0.5) is 17.6 Å². The fourth-order valence-electron chi connectivity index (χ4n) is 5.15. The van der Waals surface area contributed by atoms with E-state index in [-0.39, 0.29) is 40.5 Å². The van der Waals surface area contributed by atoms with Gasteiger partial charge in [0, 0.05) is 40.7 Å². The van der Waals surface area contributed by atoms with Crippen molar-refractivity contribution in [3.05, 3.63) is 108 Å². The molecule has 2 atom stereocenters. The number of primary amides is 1. The zero-order valence-corrected chi connectivity index (χ0v) is 24.5. The van der Waals surface area contributed by atoms with Crippen LogP contribution in [0, 0.1) is 5.82 Å². The molecular weight excluding hydrogens is 622 g/mol. The van der Waals surface area contributed by atoms with Crippen molar-refractivity contribution >= 4 is 22.7 Å². The Labute approximate surface area is 264 Å². The van der Waals surface area contributed by atoms with Gasteiger partial charge in [0.25, 0.3) is 5.91 Å². The molecule has 3 aromatic heterocycles. The molecule has 0 radical (unpaired) electrons. The number of carbonyl (C=O) groups excluding carboxylic acids is 2. The van der Waals surface area contributed by atoms with Crippen LogP contribution >= 0.6 is 0 Å². The van der Waals surface area contributed by atoms with E-state index in [0.29, 0.717) is 16.7 Å². The zero-order chi connectivity index (χ0) is 33.6. The summed E-state index contributed by atoms with van der Waals surface area (Å²) in [5, 5.41) is 14.0. The number of benzene rings is 2. The van der Waals surface area contributed by atoms with Crippen molar-refractivity contribution in [3.63, 3.8) is 0 Å². The number of aliphatic hydroxyl groups is 1. The van der Waals surface area contributed by atoms with E-state index in [0.717, 1.165) is 18.2 Å². The number of nitrogens with one attached hydrogen (secondary N) is 1. The summed E-state index contributed by atoms with van der Waals surface area (Å²) in [6.07, 6.45) is -0.881. The number of alkyl halides is 3. The van der Waals surface area contributed by atoms with E-state index in [2.05, 4.69) is 20.3 Å². The SMILES string of the molecule is C[C@]1(C(N)=O)COc2c1cc(C(O)(CNC(=O)c1cc(Oc3ccncc3)c3ncccc3c1)C(F)(F)F)nc2-c1ccc(F)cc1. The number of halogens is 4. The lowest BCUT2D eigenvalue weighted by atomic mass is 9.81. The number of aromatic nitrogens is 3. The Hall–Kier alpha value is -5.63. The van der Waals surface area contributed by atoms with Crippen molar-refractivity contribution in [1.29, 1.82) is 0 Å². The van der Waals surface area contributed by atoms with E-state index in [9.17, 15) is 32.3 Å². The van der Waals surface area contributed by atoms with Gasteiger partial charge in [0.1, 0.15) is 40.5 Å². The second kappa shape index (κ2) is 11.6. The molecule has 1 aliphatic rings. The number of fused-ring (bicyclic) bond motifs is 2. The van der Waals surface area contributed by atoms with E-state index in [1.54, 1.807) is 24.3 Å². The summed E-state index contributed by atoms with van der Waals surface area (Å²) < 4.78 is 69.7. The van der Waals surface area contributed by atoms with Gasteiger partial charge in [-0.2, -0.15) is 13.2 Å². The third-order valence-corrected chi connectivity index (χ3v) is 7.94. The first-order valence-corrected chi connectivity index (χ1v) is 14.1. The van der Waals surface area contributed by atoms with E-state index in [4.69, 9.17) is 15.2 Å². The Bertz CT molecular complexity index is 2010. The third kappa shape index (κ3) is 5.67. The van der Waals surface area contributed by atoms with Crippen LogP contribution in [-0.2, 0) is 15.8 Å². The normalized spacial score (nSPS) is 17.0. The topological polar surface area (TPSA) is 150 Å². The lowest BCUT2D eigenvalue weighted by molar-refractivity contribution is -0.265. The van der Waals surface area contributed by atoms with Crippen LogP contribution in [0.2, 0.25) is 0 Å². The molecule has 0 saturated carbocycles. The maximum atomic E-state index is 14.8. The standard InChI is InChI=1S/C33H25F4N5O5/c1-31(30(38)44)17-46-28-23(31)15-25(42-27(28)18-4-6-21(34)7-5-18)32(45,33(35,36)37)16-41-29(43)20-13-19-3-2-10-40-26(19)24(14-20)47-22-8-11-39-12-9-22/h2-15,45H,16-17H2,1H3,(H2,38,44)(H,41,43)/t31-,32?/m0/s1. The van der Waals surface area contributed by atoms with Gasteiger partial charge in [0.15, 0.2) is 5.75 Å². The predicted molar refractivity (Wildman–Crippen MR) is 160 cm³/mol. The van der Waals surface area contributed by atoms with Gasteiger partial charge >= 0.3 is 6.18 Å². The molecule has 14 heteroatoms. The highest BCUT2D eigenvalue weighted by Crippen LogP contribution is 2.47. The predicted octanol–water partition coefficient (Wildman–Crippen LogP) is 4.94. The van der Waals surface area contributed by atoms with Crippen LogP contribution in [0.25, 0.3) is 22.2 Å². The largest absolute Gasteiger partial charge is 0.489 e. The molecule has 1 aliphatic heterocycles. The quantitative estimate of drug-likeness (QED) is 0.201. The van der Waals surface area contributed by atoms with Crippen molar-refractivity contribution in [2.45, 2.75) is 24.1 Å². The Balaban J connectivity index is 1.40. The van der Waals surface area contributed by atoms with Gasteiger partial charge in [-0.3, -0.25) is 19.6 Å². The van der Waals surface area contributed by atoms with E-state index >= 15 is 0 Å². The van der Waals surface area contributed by atoms with E-state index in [1.807, 2.05) is 0 Å². The number of hydrogen-bond acceptors (Lipinski definition) is 8. The molecule has 6 rings (SSSR count). The maximum Gasteiger partial charge on any atom is 0.424 e. The molecule has 47 heavy (non-hydrogen) atoms. The van der Waals surface area contributed by atoms with Crippen LogP contribution in [0.3, 0.4) is 0 Å². The summed E-state index contributed by atoms with van der Waals surface area (Å²) in [4.78, 5) is 38.2. The van der Waals surface area contributed by atoms with Gasteiger partial charge in [-0.1, -0.05) is 6.07 Å². The molecular formula is C33H25F4N5O5. The number of amides is 2. The van der Waals surface area contributed by atoms with Crippen LogP contribution in [-0.4, -0.2) is 51.2 Å². The first-order chi connectivity index (χ1) is 22.3. The van der Waals surface area contributed by atoms with Gasteiger partial charge in [-0.25, -0.2) is 9.37 Å². The summed E-state index contributed by atoms with van der Waals surface area (Å²) in [6.45, 7) is -0.295. The molecule has 0 saturated heterocycles. The number of nitrogens with two attached hydrogens (primary N) is 1. The van der Waals surface area contributed by atoms with Gasteiger partial charge in [0.05, 0.1) is 12.2 Å².